The number of carbonyl (C=O) groups is 1. The number of ether oxygens (including phenoxy) is 2. The monoisotopic (exact) mass is 672 g/mol. The lowest BCUT2D eigenvalue weighted by atomic mass is 9.86. The van der Waals surface area contributed by atoms with Crippen molar-refractivity contribution in [2.24, 2.45) is 5.92 Å². The van der Waals surface area contributed by atoms with Crippen molar-refractivity contribution in [2.45, 2.75) is 56.8 Å². The Morgan fingerprint density at radius 1 is 0.980 bits per heavy atom. The lowest BCUT2D eigenvalue weighted by molar-refractivity contribution is -0.0336. The molecule has 0 radical (unpaired) electrons. The van der Waals surface area contributed by atoms with E-state index in [1.807, 2.05) is 24.3 Å². The van der Waals surface area contributed by atoms with E-state index in [9.17, 15) is 24.2 Å². The lowest BCUT2D eigenvalue weighted by Gasteiger charge is -2.43. The maximum Gasteiger partial charge on any atom is 0.408 e. The largest absolute Gasteiger partial charge is 0.506 e. The van der Waals surface area contributed by atoms with Gasteiger partial charge in [0, 0.05) is 24.5 Å². The maximum atomic E-state index is 14.2. The number of carbonyl (C=O) groups excluding carboxylic acids is 1. The Bertz CT molecular complexity index is 1770. The van der Waals surface area contributed by atoms with E-state index in [4.69, 9.17) is 9.47 Å². The number of unbranched alkanes of at least 4 members (excludes halogenated alkanes) is 3. The molecule has 3 aliphatic heterocycles. The second kappa shape index (κ2) is 16.3. The molecule has 3 aromatic carbocycles. The number of nitrogens with one attached hydrogen (secondary N) is 3. The van der Waals surface area contributed by atoms with Gasteiger partial charge in [-0.2, -0.15) is 0 Å². The zero-order valence-corrected chi connectivity index (χ0v) is 27.6. The summed E-state index contributed by atoms with van der Waals surface area (Å²) < 4.78 is 26.2. The molecular weight excluding hydrogens is 627 g/mol. The van der Waals surface area contributed by atoms with E-state index in [2.05, 4.69) is 20.5 Å². The quantitative estimate of drug-likeness (QED) is 0.104. The molecule has 11 heteroatoms. The minimum Gasteiger partial charge on any atom is -0.506 e. The molecule has 49 heavy (non-hydrogen) atoms. The molecule has 3 saturated heterocycles. The fourth-order valence-electron chi connectivity index (χ4n) is 6.96. The second-order valence-corrected chi connectivity index (χ2v) is 13.1. The molecule has 2 bridgehead atoms. The standard InChI is InChI=1S/C38H45FN4O6/c39-28-9-5-7-26(21-28)36(42-38(47)49-34-24-43-18-15-25(34)16-19-43)27-8-6-10-29(22-27)48-20-4-2-1-3-17-40-23-33(45)30-11-13-32(44)37-31(30)12-14-35(46)41-37/h5-14,21-22,25,33-34,36,40,44-45H,1-4,15-20,23-24H2,(H,41,46)(H,42,47)/t33-,34+,36?/m1/s1. The predicted molar refractivity (Wildman–Crippen MR) is 185 cm³/mol. The smallest absolute Gasteiger partial charge is 0.408 e. The number of amides is 1. The van der Waals surface area contributed by atoms with Gasteiger partial charge in [-0.3, -0.25) is 9.69 Å². The van der Waals surface area contributed by atoms with Gasteiger partial charge in [0.05, 0.1) is 24.3 Å². The number of hydrogen-bond donors (Lipinski definition) is 5. The fraction of sp³-hybridized carbons (Fsp3) is 0.421. The number of hydrogen-bond acceptors (Lipinski definition) is 8. The summed E-state index contributed by atoms with van der Waals surface area (Å²) in [6.07, 6.45) is 4.41. The van der Waals surface area contributed by atoms with Crippen molar-refractivity contribution >= 4 is 17.0 Å². The SMILES string of the molecule is O=C(NC(c1cccc(F)c1)c1cccc(OCCCCCCNC[C@@H](O)c2ccc(O)c3[nH]c(=O)ccc23)c1)O[C@H]1CN2CCC1CC2. The molecule has 4 aromatic rings. The fourth-order valence-corrected chi connectivity index (χ4v) is 6.96. The Hall–Kier alpha value is -4.45. The lowest BCUT2D eigenvalue weighted by Crippen LogP contribution is -2.52. The number of halogens is 1. The summed E-state index contributed by atoms with van der Waals surface area (Å²) in [4.78, 5) is 29.7. The summed E-state index contributed by atoms with van der Waals surface area (Å²) in [5, 5.41) is 27.7. The first-order valence-corrected chi connectivity index (χ1v) is 17.3. The first kappa shape index (κ1) is 34.4. The molecule has 5 N–H and O–H groups in total. The van der Waals surface area contributed by atoms with E-state index in [1.165, 1.54) is 24.3 Å². The number of phenolic OH excluding ortho intramolecular Hbond substituents is 1. The molecule has 1 aromatic heterocycles. The number of aromatic nitrogens is 1. The number of aromatic hydroxyl groups is 1. The first-order valence-electron chi connectivity index (χ1n) is 17.3. The number of H-pyrrole nitrogens is 1. The number of pyridine rings is 1. The Balaban J connectivity index is 0.941. The molecular formula is C38H45FN4O6. The zero-order chi connectivity index (χ0) is 34.2. The highest BCUT2D eigenvalue weighted by atomic mass is 19.1. The van der Waals surface area contributed by atoms with E-state index >= 15 is 0 Å². The minimum absolute atomic E-state index is 0.0324. The highest BCUT2D eigenvalue weighted by Gasteiger charge is 2.37. The number of fused-ring (bicyclic) bond motifs is 4. The Labute approximate surface area is 285 Å². The van der Waals surface area contributed by atoms with Crippen molar-refractivity contribution in [3.63, 3.8) is 0 Å². The summed E-state index contributed by atoms with van der Waals surface area (Å²) in [5.74, 6) is 0.651. The number of nitrogens with zero attached hydrogens (tertiary/aromatic N) is 1. The minimum atomic E-state index is -0.787. The molecule has 3 atom stereocenters. The molecule has 4 heterocycles. The molecule has 3 fully saturated rings. The summed E-state index contributed by atoms with van der Waals surface area (Å²) in [7, 11) is 0. The maximum absolute atomic E-state index is 14.2. The zero-order valence-electron chi connectivity index (χ0n) is 27.6. The van der Waals surface area contributed by atoms with Crippen LogP contribution in [0.3, 0.4) is 0 Å². The van der Waals surface area contributed by atoms with Gasteiger partial charge in [-0.05, 0) is 104 Å². The summed E-state index contributed by atoms with van der Waals surface area (Å²) in [6, 6.07) is 19.3. The number of alkyl carbamates (subject to hydrolysis) is 1. The van der Waals surface area contributed by atoms with E-state index in [0.29, 0.717) is 46.8 Å². The normalized spacial score (nSPS) is 19.8. The van der Waals surface area contributed by atoms with Gasteiger partial charge in [-0.1, -0.05) is 43.2 Å². The van der Waals surface area contributed by atoms with Gasteiger partial charge in [0.25, 0.3) is 0 Å². The Kier molecular flexibility index (Phi) is 11.4. The van der Waals surface area contributed by atoms with Crippen LogP contribution in [0.1, 0.15) is 67.4 Å². The van der Waals surface area contributed by atoms with Gasteiger partial charge in [0.1, 0.15) is 23.4 Å². The molecule has 7 rings (SSSR count). The second-order valence-electron chi connectivity index (χ2n) is 13.1. The third kappa shape index (κ3) is 8.97. The van der Waals surface area contributed by atoms with Crippen LogP contribution in [0.2, 0.25) is 0 Å². The van der Waals surface area contributed by atoms with Crippen molar-refractivity contribution < 1.29 is 28.9 Å². The van der Waals surface area contributed by atoms with Crippen LogP contribution in [0.25, 0.3) is 10.9 Å². The third-order valence-corrected chi connectivity index (χ3v) is 9.61. The van der Waals surface area contributed by atoms with Gasteiger partial charge >= 0.3 is 6.09 Å². The topological polar surface area (TPSA) is 136 Å². The average molecular weight is 673 g/mol. The van der Waals surface area contributed by atoms with Crippen LogP contribution in [-0.2, 0) is 4.74 Å². The highest BCUT2D eigenvalue weighted by Crippen LogP contribution is 2.31. The number of benzene rings is 3. The molecule has 3 aliphatic rings. The number of phenols is 1. The van der Waals surface area contributed by atoms with Crippen molar-refractivity contribution in [2.75, 3.05) is 39.3 Å². The van der Waals surface area contributed by atoms with Gasteiger partial charge in [-0.15, -0.1) is 0 Å². The van der Waals surface area contributed by atoms with Gasteiger partial charge in [0.15, 0.2) is 0 Å². The molecule has 1 amide bonds. The highest BCUT2D eigenvalue weighted by molar-refractivity contribution is 5.87. The number of aliphatic hydroxyl groups is 1. The Morgan fingerprint density at radius 2 is 1.76 bits per heavy atom. The summed E-state index contributed by atoms with van der Waals surface area (Å²) in [6.45, 7) is 4.49. The molecule has 10 nitrogen and oxygen atoms in total. The molecule has 260 valence electrons. The van der Waals surface area contributed by atoms with Crippen LogP contribution < -0.4 is 20.9 Å². The van der Waals surface area contributed by atoms with E-state index in [-0.39, 0.29) is 23.2 Å². The van der Waals surface area contributed by atoms with Crippen LogP contribution in [0.15, 0.2) is 77.6 Å². The number of aromatic amines is 1. The van der Waals surface area contributed by atoms with Gasteiger partial charge in [0.2, 0.25) is 5.56 Å². The molecule has 0 aliphatic carbocycles. The van der Waals surface area contributed by atoms with Crippen LogP contribution >= 0.6 is 0 Å². The predicted octanol–water partition coefficient (Wildman–Crippen LogP) is 5.55. The molecule has 1 unspecified atom stereocenters. The number of rotatable bonds is 15. The number of piperidine rings is 3. The Morgan fingerprint density at radius 3 is 2.53 bits per heavy atom. The third-order valence-electron chi connectivity index (χ3n) is 9.61. The molecule has 0 spiro atoms. The van der Waals surface area contributed by atoms with E-state index < -0.39 is 18.2 Å². The number of aliphatic hydroxyl groups excluding tert-OH is 1. The summed E-state index contributed by atoms with van der Waals surface area (Å²) >= 11 is 0. The molecule has 0 saturated carbocycles. The van der Waals surface area contributed by atoms with Crippen molar-refractivity contribution in [3.8, 4) is 11.5 Å². The van der Waals surface area contributed by atoms with Crippen molar-refractivity contribution in [1.82, 2.24) is 20.5 Å². The summed E-state index contributed by atoms with van der Waals surface area (Å²) in [5.41, 5.74) is 2.04. The first-order chi connectivity index (χ1) is 23.8. The van der Waals surface area contributed by atoms with Crippen molar-refractivity contribution in [1.29, 1.82) is 0 Å². The van der Waals surface area contributed by atoms with Gasteiger partial charge in [-0.25, -0.2) is 9.18 Å². The van der Waals surface area contributed by atoms with Crippen LogP contribution in [0.5, 0.6) is 11.5 Å². The average Bonchev–Trinajstić information content (AvgIpc) is 3.11. The van der Waals surface area contributed by atoms with Crippen LogP contribution in [-0.4, -0.2) is 71.6 Å². The van der Waals surface area contributed by atoms with Gasteiger partial charge < -0.3 is 35.3 Å². The van der Waals surface area contributed by atoms with E-state index in [0.717, 1.165) is 70.3 Å². The van der Waals surface area contributed by atoms with Crippen LogP contribution in [0.4, 0.5) is 9.18 Å². The van der Waals surface area contributed by atoms with Crippen molar-refractivity contribution in [3.05, 3.63) is 106 Å². The van der Waals surface area contributed by atoms with Crippen LogP contribution in [0, 0.1) is 11.7 Å². The van der Waals surface area contributed by atoms with E-state index in [1.54, 1.807) is 24.3 Å².